The molecular formula is C27H46O2. The summed E-state index contributed by atoms with van der Waals surface area (Å²) in [5.74, 6) is 0.673. The maximum atomic E-state index is 12.1. The molecule has 0 saturated carbocycles. The van der Waals surface area contributed by atoms with Gasteiger partial charge in [-0.2, -0.15) is 0 Å². The second-order valence-corrected chi connectivity index (χ2v) is 12.5. The molecule has 2 nitrogen and oxygen atoms in total. The van der Waals surface area contributed by atoms with E-state index in [1.165, 1.54) is 11.1 Å². The molecule has 0 aliphatic heterocycles. The molecule has 1 aromatic rings. The van der Waals surface area contributed by atoms with Gasteiger partial charge in [0.05, 0.1) is 0 Å². The van der Waals surface area contributed by atoms with Crippen molar-refractivity contribution in [1.29, 1.82) is 0 Å². The smallest absolute Gasteiger partial charge is 0.142 e. The molecule has 1 aromatic carbocycles. The minimum absolute atomic E-state index is 0.0920. The van der Waals surface area contributed by atoms with Gasteiger partial charge in [-0.3, -0.25) is 9.59 Å². The van der Waals surface area contributed by atoms with Crippen LogP contribution in [0.2, 0.25) is 0 Å². The van der Waals surface area contributed by atoms with Crippen LogP contribution in [0, 0.1) is 16.2 Å². The fraction of sp³-hybridized carbons (Fsp3) is 0.704. The molecule has 0 radical (unpaired) electrons. The topological polar surface area (TPSA) is 34.1 Å². The van der Waals surface area contributed by atoms with Gasteiger partial charge < -0.3 is 0 Å². The molecule has 0 spiro atoms. The van der Waals surface area contributed by atoms with E-state index in [2.05, 4.69) is 53.7 Å². The first-order valence-electron chi connectivity index (χ1n) is 10.9. The summed E-state index contributed by atoms with van der Waals surface area (Å²) in [6.45, 7) is 25.0. The molecule has 0 amide bonds. The molecular weight excluding hydrogens is 356 g/mol. The van der Waals surface area contributed by atoms with E-state index in [0.717, 1.165) is 6.42 Å². The van der Waals surface area contributed by atoms with Crippen LogP contribution in [0.4, 0.5) is 0 Å². The van der Waals surface area contributed by atoms with Gasteiger partial charge in [-0.05, 0) is 28.4 Å². The Morgan fingerprint density at radius 3 is 1.52 bits per heavy atom. The summed E-state index contributed by atoms with van der Waals surface area (Å²) in [4.78, 5) is 23.6. The summed E-state index contributed by atoms with van der Waals surface area (Å²) in [6, 6.07) is 8.27. The number of hydrogen-bond acceptors (Lipinski definition) is 2. The van der Waals surface area contributed by atoms with Crippen LogP contribution in [-0.4, -0.2) is 11.6 Å². The highest BCUT2D eigenvalue weighted by molar-refractivity contribution is 5.86. The Morgan fingerprint density at radius 1 is 0.690 bits per heavy atom. The summed E-state index contributed by atoms with van der Waals surface area (Å²) in [5.41, 5.74) is 2.39. The third-order valence-electron chi connectivity index (χ3n) is 4.95. The summed E-state index contributed by atoms with van der Waals surface area (Å²) >= 11 is 0. The molecule has 0 heterocycles. The average Bonchev–Trinajstić information content (AvgIpc) is 2.50. The van der Waals surface area contributed by atoms with Crippen molar-refractivity contribution in [2.45, 2.75) is 108 Å². The highest BCUT2D eigenvalue weighted by atomic mass is 16.1. The van der Waals surface area contributed by atoms with Gasteiger partial charge in [0, 0.05) is 23.7 Å². The van der Waals surface area contributed by atoms with Crippen molar-refractivity contribution in [2.24, 2.45) is 16.2 Å². The van der Waals surface area contributed by atoms with E-state index >= 15 is 0 Å². The van der Waals surface area contributed by atoms with Crippen molar-refractivity contribution in [2.75, 3.05) is 0 Å². The minimum Gasteiger partial charge on any atom is -0.299 e. The zero-order valence-corrected chi connectivity index (χ0v) is 21.2. The van der Waals surface area contributed by atoms with Gasteiger partial charge in [0.15, 0.2) is 0 Å². The Morgan fingerprint density at radius 2 is 1.14 bits per heavy atom. The number of hydrogen-bond donors (Lipinski definition) is 0. The number of ketones is 2. The van der Waals surface area contributed by atoms with Crippen molar-refractivity contribution >= 4 is 11.6 Å². The lowest BCUT2D eigenvalue weighted by molar-refractivity contribution is -0.127. The molecule has 0 N–H and O–H groups in total. The quantitative estimate of drug-likeness (QED) is 0.520. The lowest BCUT2D eigenvalue weighted by Crippen LogP contribution is -2.24. The maximum absolute atomic E-state index is 12.1. The van der Waals surface area contributed by atoms with Gasteiger partial charge >= 0.3 is 0 Å². The molecule has 0 aliphatic rings. The molecule has 0 fully saturated rings. The van der Waals surface area contributed by atoms with Crippen molar-refractivity contribution in [3.8, 4) is 0 Å². The fourth-order valence-electron chi connectivity index (χ4n) is 2.71. The van der Waals surface area contributed by atoms with Gasteiger partial charge in [0.25, 0.3) is 0 Å². The van der Waals surface area contributed by atoms with Gasteiger partial charge in [-0.15, -0.1) is 0 Å². The van der Waals surface area contributed by atoms with Crippen LogP contribution in [0.5, 0.6) is 0 Å². The second-order valence-electron chi connectivity index (χ2n) is 12.5. The zero-order chi connectivity index (χ0) is 23.3. The molecule has 0 bridgehead atoms. The fourth-order valence-corrected chi connectivity index (χ4v) is 2.71. The van der Waals surface area contributed by atoms with E-state index in [4.69, 9.17) is 0 Å². The molecule has 0 aliphatic carbocycles. The number of carbonyl (C=O) groups excluding carboxylic acids is 2. The Labute approximate surface area is 180 Å². The average molecular weight is 403 g/mol. The largest absolute Gasteiger partial charge is 0.299 e. The highest BCUT2D eigenvalue weighted by Crippen LogP contribution is 2.28. The molecule has 1 rings (SSSR count). The van der Waals surface area contributed by atoms with Gasteiger partial charge in [0.2, 0.25) is 0 Å². The standard InChI is InChI=1S/C16H24O.C11H22O/c1-15(2,3)13-10-8-7-9-12(13)11-14(17)16(4,5)6;1-10(2,3)8-7-9(12)11(4,5)6/h7-10H,11H2,1-6H3;7-8H2,1-6H3. The summed E-state index contributed by atoms with van der Waals surface area (Å²) in [5, 5.41) is 0. The third-order valence-corrected chi connectivity index (χ3v) is 4.95. The first-order valence-corrected chi connectivity index (χ1v) is 10.9. The van der Waals surface area contributed by atoms with E-state index in [1.54, 1.807) is 0 Å². The molecule has 29 heavy (non-hydrogen) atoms. The number of Topliss-reactive ketones (excluding diaryl/α,β-unsaturated/α-hetero) is 2. The molecule has 166 valence electrons. The molecule has 2 heteroatoms. The van der Waals surface area contributed by atoms with Crippen molar-refractivity contribution < 1.29 is 9.59 Å². The first kappa shape index (κ1) is 27.6. The van der Waals surface area contributed by atoms with E-state index < -0.39 is 0 Å². The normalized spacial score (nSPS) is 12.8. The van der Waals surface area contributed by atoms with Gasteiger partial charge in [-0.25, -0.2) is 0 Å². The van der Waals surface area contributed by atoms with Crippen molar-refractivity contribution in [3.63, 3.8) is 0 Å². The number of carbonyl (C=O) groups is 2. The maximum Gasteiger partial charge on any atom is 0.142 e. The highest BCUT2D eigenvalue weighted by Gasteiger charge is 2.25. The zero-order valence-electron chi connectivity index (χ0n) is 21.2. The van der Waals surface area contributed by atoms with Crippen LogP contribution in [0.15, 0.2) is 24.3 Å². The number of benzene rings is 1. The Bertz CT molecular complexity index is 668. The molecule has 0 aromatic heterocycles. The minimum atomic E-state index is -0.259. The van der Waals surface area contributed by atoms with Crippen LogP contribution < -0.4 is 0 Å². The van der Waals surface area contributed by atoms with Crippen LogP contribution in [0.25, 0.3) is 0 Å². The SMILES string of the molecule is CC(C)(C)C(=O)Cc1ccccc1C(C)(C)C.CC(C)(C)CCC(=O)C(C)(C)C. The number of rotatable bonds is 4. The monoisotopic (exact) mass is 402 g/mol. The Hall–Kier alpha value is -1.44. The third kappa shape index (κ3) is 11.4. The molecule has 0 atom stereocenters. The molecule has 0 unspecified atom stereocenters. The van der Waals surface area contributed by atoms with Crippen LogP contribution in [0.3, 0.4) is 0 Å². The lowest BCUT2D eigenvalue weighted by Gasteiger charge is -2.24. The lowest BCUT2D eigenvalue weighted by atomic mass is 9.80. The van der Waals surface area contributed by atoms with Crippen LogP contribution >= 0.6 is 0 Å². The van der Waals surface area contributed by atoms with E-state index in [9.17, 15) is 9.59 Å². The van der Waals surface area contributed by atoms with E-state index in [-0.39, 0.29) is 21.7 Å². The summed E-state index contributed by atoms with van der Waals surface area (Å²) < 4.78 is 0. The second kappa shape index (κ2) is 10.0. The predicted octanol–water partition coefficient (Wildman–Crippen LogP) is 7.57. The van der Waals surface area contributed by atoms with Crippen LogP contribution in [-0.2, 0) is 21.4 Å². The van der Waals surface area contributed by atoms with Gasteiger partial charge in [0.1, 0.15) is 11.6 Å². The summed E-state index contributed by atoms with van der Waals surface area (Å²) in [6.07, 6.45) is 2.24. The Kier molecular flexibility index (Phi) is 9.55. The van der Waals surface area contributed by atoms with E-state index in [0.29, 0.717) is 24.4 Å². The van der Waals surface area contributed by atoms with Gasteiger partial charge in [-0.1, -0.05) is 107 Å². The predicted molar refractivity (Wildman–Crippen MR) is 126 cm³/mol. The molecule has 0 saturated heterocycles. The Balaban J connectivity index is 0.000000578. The summed E-state index contributed by atoms with van der Waals surface area (Å²) in [7, 11) is 0. The van der Waals surface area contributed by atoms with Crippen molar-refractivity contribution in [1.82, 2.24) is 0 Å². The first-order chi connectivity index (χ1) is 12.7. The van der Waals surface area contributed by atoms with E-state index in [1.807, 2.05) is 53.7 Å². The van der Waals surface area contributed by atoms with Crippen LogP contribution in [0.1, 0.15) is 107 Å². The van der Waals surface area contributed by atoms with Crippen molar-refractivity contribution in [3.05, 3.63) is 35.4 Å².